The van der Waals surface area contributed by atoms with Gasteiger partial charge in [-0.25, -0.2) is 0 Å². The molecular formula is C16H24ClNO3. The van der Waals surface area contributed by atoms with Gasteiger partial charge in [-0.2, -0.15) is 0 Å². The van der Waals surface area contributed by atoms with Crippen LogP contribution in [-0.2, 0) is 6.42 Å². The smallest absolute Gasteiger partial charge is 0.176 e. The zero-order valence-corrected chi connectivity index (χ0v) is 13.4. The number of hydrogen-bond acceptors (Lipinski definition) is 4. The molecule has 2 N–H and O–H groups in total. The maximum atomic E-state index is 10.2. The summed E-state index contributed by atoms with van der Waals surface area (Å²) >= 11 is 6.03. The number of hydrogen-bond donors (Lipinski definition) is 2. The third kappa shape index (κ3) is 4.02. The number of rotatable bonds is 5. The van der Waals surface area contributed by atoms with Crippen molar-refractivity contribution >= 4 is 11.6 Å². The van der Waals surface area contributed by atoms with Gasteiger partial charge >= 0.3 is 0 Å². The summed E-state index contributed by atoms with van der Waals surface area (Å²) in [5, 5.41) is 20.3. The Morgan fingerprint density at radius 3 is 2.86 bits per heavy atom. The van der Waals surface area contributed by atoms with E-state index in [4.69, 9.17) is 16.3 Å². The third-order valence-corrected chi connectivity index (χ3v) is 4.41. The summed E-state index contributed by atoms with van der Waals surface area (Å²) in [4.78, 5) is 2.40. The maximum absolute atomic E-state index is 10.2. The standard InChI is InChI=1S/C16H24ClNO3/c1-3-5-18-6-4-14(19)12(10-18)7-11-8-13(17)16(20)15(9-11)21-2/h8-9,12,14,19-20H,3-7,10H2,1-2H3. The Balaban J connectivity index is 2.10. The van der Waals surface area contributed by atoms with Gasteiger partial charge in [0.05, 0.1) is 18.2 Å². The first kappa shape index (κ1) is 16.4. The predicted molar refractivity (Wildman–Crippen MR) is 84.2 cm³/mol. The summed E-state index contributed by atoms with van der Waals surface area (Å²) in [6.07, 6.45) is 2.39. The summed E-state index contributed by atoms with van der Waals surface area (Å²) in [5.74, 6) is 0.545. The minimum Gasteiger partial charge on any atom is -0.503 e. The van der Waals surface area contributed by atoms with E-state index in [1.54, 1.807) is 12.1 Å². The van der Waals surface area contributed by atoms with Gasteiger partial charge in [-0.3, -0.25) is 0 Å². The summed E-state index contributed by atoms with van der Waals surface area (Å²) in [6.45, 7) is 5.11. The molecule has 0 bridgehead atoms. The molecule has 1 aliphatic heterocycles. The molecule has 21 heavy (non-hydrogen) atoms. The van der Waals surface area contributed by atoms with Crippen molar-refractivity contribution in [3.63, 3.8) is 0 Å². The number of likely N-dealkylation sites (tertiary alicyclic amines) is 1. The fourth-order valence-corrected chi connectivity index (χ4v) is 3.25. The van der Waals surface area contributed by atoms with Gasteiger partial charge in [-0.05, 0) is 43.5 Å². The van der Waals surface area contributed by atoms with Crippen molar-refractivity contribution in [2.24, 2.45) is 5.92 Å². The highest BCUT2D eigenvalue weighted by molar-refractivity contribution is 6.32. The van der Waals surface area contributed by atoms with Crippen LogP contribution in [0.15, 0.2) is 12.1 Å². The van der Waals surface area contributed by atoms with Crippen LogP contribution < -0.4 is 4.74 Å². The highest BCUT2D eigenvalue weighted by Crippen LogP contribution is 2.36. The van der Waals surface area contributed by atoms with E-state index in [1.807, 2.05) is 0 Å². The number of methoxy groups -OCH3 is 1. The van der Waals surface area contributed by atoms with Crippen molar-refractivity contribution in [1.82, 2.24) is 4.90 Å². The minimum absolute atomic E-state index is 0.0280. The second-order valence-corrected chi connectivity index (χ2v) is 6.16. The molecule has 0 amide bonds. The van der Waals surface area contributed by atoms with E-state index in [0.29, 0.717) is 10.8 Å². The SMILES string of the molecule is CCCN1CCC(O)C(Cc2cc(Cl)c(O)c(OC)c2)C1. The van der Waals surface area contributed by atoms with E-state index in [-0.39, 0.29) is 17.8 Å². The molecule has 0 saturated carbocycles. The van der Waals surface area contributed by atoms with Crippen LogP contribution in [0.5, 0.6) is 11.5 Å². The molecular weight excluding hydrogens is 290 g/mol. The van der Waals surface area contributed by atoms with Crippen LogP contribution in [0.25, 0.3) is 0 Å². The highest BCUT2D eigenvalue weighted by Gasteiger charge is 2.27. The number of aliphatic hydroxyl groups is 1. The second-order valence-electron chi connectivity index (χ2n) is 5.75. The summed E-state index contributed by atoms with van der Waals surface area (Å²) in [7, 11) is 1.51. The van der Waals surface area contributed by atoms with Gasteiger partial charge in [0.2, 0.25) is 0 Å². The average molecular weight is 314 g/mol. The lowest BCUT2D eigenvalue weighted by Gasteiger charge is -2.36. The Morgan fingerprint density at radius 2 is 2.19 bits per heavy atom. The second kappa shape index (κ2) is 7.34. The maximum Gasteiger partial charge on any atom is 0.176 e. The quantitative estimate of drug-likeness (QED) is 0.877. The van der Waals surface area contributed by atoms with Crippen molar-refractivity contribution in [3.8, 4) is 11.5 Å². The molecule has 4 nitrogen and oxygen atoms in total. The number of aromatic hydroxyl groups is 1. The molecule has 1 aromatic rings. The van der Waals surface area contributed by atoms with Crippen LogP contribution in [-0.4, -0.2) is 48.0 Å². The van der Waals surface area contributed by atoms with Crippen LogP contribution >= 0.6 is 11.6 Å². The number of benzene rings is 1. The van der Waals surface area contributed by atoms with Crippen LogP contribution in [0, 0.1) is 5.92 Å². The van der Waals surface area contributed by atoms with E-state index in [0.717, 1.165) is 44.5 Å². The molecule has 2 rings (SSSR count). The number of piperidine rings is 1. The first-order chi connectivity index (χ1) is 10.0. The molecule has 1 saturated heterocycles. The molecule has 0 spiro atoms. The topological polar surface area (TPSA) is 52.9 Å². The number of nitrogens with zero attached hydrogens (tertiary/aromatic N) is 1. The predicted octanol–water partition coefficient (Wildman–Crippen LogP) is 2.69. The van der Waals surface area contributed by atoms with Gasteiger partial charge in [0.15, 0.2) is 11.5 Å². The van der Waals surface area contributed by atoms with E-state index in [2.05, 4.69) is 11.8 Å². The van der Waals surface area contributed by atoms with Crippen LogP contribution in [0.2, 0.25) is 5.02 Å². The van der Waals surface area contributed by atoms with Gasteiger partial charge in [-0.15, -0.1) is 0 Å². The summed E-state index contributed by atoms with van der Waals surface area (Å²) < 4.78 is 5.13. The zero-order valence-electron chi connectivity index (χ0n) is 12.7. The number of ether oxygens (including phenoxy) is 1. The number of halogens is 1. The van der Waals surface area contributed by atoms with Crippen LogP contribution in [0.4, 0.5) is 0 Å². The summed E-state index contributed by atoms with van der Waals surface area (Å²) in [5.41, 5.74) is 0.983. The normalized spacial score (nSPS) is 23.2. The van der Waals surface area contributed by atoms with E-state index < -0.39 is 0 Å². The monoisotopic (exact) mass is 313 g/mol. The van der Waals surface area contributed by atoms with E-state index >= 15 is 0 Å². The van der Waals surface area contributed by atoms with Crippen molar-refractivity contribution in [1.29, 1.82) is 0 Å². The fraction of sp³-hybridized carbons (Fsp3) is 0.625. The minimum atomic E-state index is -0.281. The zero-order chi connectivity index (χ0) is 15.4. The number of phenolic OH excluding ortho intramolecular Hbond substituents is 1. The Hall–Kier alpha value is -0.970. The molecule has 0 aliphatic carbocycles. The van der Waals surface area contributed by atoms with Gasteiger partial charge < -0.3 is 19.8 Å². The van der Waals surface area contributed by atoms with Crippen LogP contribution in [0.1, 0.15) is 25.3 Å². The first-order valence-electron chi connectivity index (χ1n) is 7.51. The largest absolute Gasteiger partial charge is 0.503 e. The van der Waals surface area contributed by atoms with E-state index in [1.165, 1.54) is 7.11 Å². The Bertz CT molecular complexity index is 481. The third-order valence-electron chi connectivity index (χ3n) is 4.12. The lowest BCUT2D eigenvalue weighted by Crippen LogP contribution is -2.44. The van der Waals surface area contributed by atoms with Crippen molar-refractivity contribution in [2.75, 3.05) is 26.7 Å². The highest BCUT2D eigenvalue weighted by atomic mass is 35.5. The molecule has 1 aromatic carbocycles. The molecule has 2 atom stereocenters. The Labute approximate surface area is 131 Å². The van der Waals surface area contributed by atoms with Gasteiger partial charge in [0.25, 0.3) is 0 Å². The fourth-order valence-electron chi connectivity index (χ4n) is 3.02. The molecule has 0 radical (unpaired) electrons. The summed E-state index contributed by atoms with van der Waals surface area (Å²) in [6, 6.07) is 3.55. The number of phenols is 1. The number of aliphatic hydroxyl groups excluding tert-OH is 1. The molecule has 0 aromatic heterocycles. The van der Waals surface area contributed by atoms with Gasteiger partial charge in [-0.1, -0.05) is 18.5 Å². The van der Waals surface area contributed by atoms with Crippen LogP contribution in [0.3, 0.4) is 0 Å². The van der Waals surface area contributed by atoms with Crippen molar-refractivity contribution < 1.29 is 14.9 Å². The van der Waals surface area contributed by atoms with Gasteiger partial charge in [0.1, 0.15) is 0 Å². The molecule has 1 heterocycles. The molecule has 2 unspecified atom stereocenters. The first-order valence-corrected chi connectivity index (χ1v) is 7.88. The van der Waals surface area contributed by atoms with Crippen molar-refractivity contribution in [2.45, 2.75) is 32.3 Å². The molecule has 1 aliphatic rings. The van der Waals surface area contributed by atoms with Crippen molar-refractivity contribution in [3.05, 3.63) is 22.7 Å². The Morgan fingerprint density at radius 1 is 1.43 bits per heavy atom. The molecule has 5 heteroatoms. The Kier molecular flexibility index (Phi) is 5.73. The lowest BCUT2D eigenvalue weighted by atomic mass is 9.88. The van der Waals surface area contributed by atoms with E-state index in [9.17, 15) is 10.2 Å². The molecule has 1 fully saturated rings. The molecule has 118 valence electrons. The average Bonchev–Trinajstić information content (AvgIpc) is 2.46. The lowest BCUT2D eigenvalue weighted by molar-refractivity contribution is 0.0270. The van der Waals surface area contributed by atoms with Gasteiger partial charge in [0, 0.05) is 19.0 Å².